The van der Waals surface area contributed by atoms with Crippen LogP contribution in [0, 0.1) is 10.1 Å². The molecule has 2 rings (SSSR count). The number of hydrogen-bond donors (Lipinski definition) is 0. The topological polar surface area (TPSA) is 78.7 Å². The molecule has 0 N–H and O–H groups in total. The normalized spacial score (nSPS) is 10.5. The minimum atomic E-state index is -0.555. The Morgan fingerprint density at radius 1 is 1.17 bits per heavy atom. The van der Waals surface area contributed by atoms with Crippen molar-refractivity contribution in [1.29, 1.82) is 0 Å². The minimum absolute atomic E-state index is 0.0209. The van der Waals surface area contributed by atoms with Gasteiger partial charge in [-0.25, -0.2) is 0 Å². The molecule has 0 fully saturated rings. The highest BCUT2D eigenvalue weighted by molar-refractivity contribution is 5.76. The number of esters is 1. The third-order valence-corrected chi connectivity index (χ3v) is 3.58. The number of carbonyl (C=O) groups excluding carboxylic acids is 1. The highest BCUT2D eigenvalue weighted by Crippen LogP contribution is 2.31. The second-order valence-corrected chi connectivity index (χ2v) is 5.64. The Kier molecular flexibility index (Phi) is 5.52. The fraction of sp³-hybridized carbons (Fsp3) is 0.278. The van der Waals surface area contributed by atoms with E-state index in [0.717, 1.165) is 11.1 Å². The van der Waals surface area contributed by atoms with Crippen molar-refractivity contribution in [1.82, 2.24) is 0 Å². The summed E-state index contributed by atoms with van der Waals surface area (Å²) in [7, 11) is 1.56. The smallest absolute Gasteiger partial charge is 0.315 e. The molecule has 0 unspecified atom stereocenters. The summed E-state index contributed by atoms with van der Waals surface area (Å²) in [6.07, 6.45) is 0.0209. The molecule has 0 spiro atoms. The maximum Gasteiger partial charge on any atom is 0.315 e. The Morgan fingerprint density at radius 3 is 2.38 bits per heavy atom. The van der Waals surface area contributed by atoms with Gasteiger partial charge in [-0.15, -0.1) is 0 Å². The van der Waals surface area contributed by atoms with E-state index in [1.54, 1.807) is 43.5 Å². The van der Waals surface area contributed by atoms with E-state index in [4.69, 9.17) is 9.47 Å². The third-order valence-electron chi connectivity index (χ3n) is 3.58. The first kappa shape index (κ1) is 17.5. The molecule has 0 atom stereocenters. The molecule has 0 amide bonds. The van der Waals surface area contributed by atoms with Gasteiger partial charge >= 0.3 is 11.7 Å². The van der Waals surface area contributed by atoms with Crippen molar-refractivity contribution in [2.75, 3.05) is 7.11 Å². The lowest BCUT2D eigenvalue weighted by Gasteiger charge is -2.10. The van der Waals surface area contributed by atoms with Crippen LogP contribution in [0.4, 0.5) is 5.69 Å². The zero-order valence-corrected chi connectivity index (χ0v) is 13.8. The van der Waals surface area contributed by atoms with E-state index in [1.165, 1.54) is 6.07 Å². The number of nitrogens with zero attached hydrogens (tertiary/aromatic N) is 1. The Morgan fingerprint density at radius 2 is 1.83 bits per heavy atom. The number of nitro groups is 1. The molecule has 0 bridgehead atoms. The van der Waals surface area contributed by atoms with Crippen LogP contribution in [0.1, 0.15) is 30.9 Å². The quantitative estimate of drug-likeness (QED) is 0.348. The van der Waals surface area contributed by atoms with Crippen LogP contribution in [-0.2, 0) is 11.2 Å². The Bertz CT molecular complexity index is 738. The molecule has 0 saturated heterocycles. The molecule has 0 radical (unpaired) electrons. The maximum atomic E-state index is 12.1. The second kappa shape index (κ2) is 7.59. The molecule has 0 aliphatic rings. The van der Waals surface area contributed by atoms with E-state index < -0.39 is 10.9 Å². The predicted molar refractivity (Wildman–Crippen MR) is 89.5 cm³/mol. The summed E-state index contributed by atoms with van der Waals surface area (Å²) in [5.74, 6) is 0.283. The lowest BCUT2D eigenvalue weighted by Crippen LogP contribution is -2.12. The number of nitro benzene ring substituents is 1. The fourth-order valence-electron chi connectivity index (χ4n) is 2.19. The number of benzene rings is 2. The van der Waals surface area contributed by atoms with Crippen LogP contribution in [0.25, 0.3) is 0 Å². The fourth-order valence-corrected chi connectivity index (χ4v) is 2.19. The highest BCUT2D eigenvalue weighted by Gasteiger charge is 2.19. The van der Waals surface area contributed by atoms with E-state index in [9.17, 15) is 14.9 Å². The Balaban J connectivity index is 2.17. The van der Waals surface area contributed by atoms with Crippen LogP contribution in [-0.4, -0.2) is 18.0 Å². The molecule has 0 heterocycles. The van der Waals surface area contributed by atoms with Gasteiger partial charge in [0.1, 0.15) is 5.75 Å². The van der Waals surface area contributed by atoms with E-state index in [2.05, 4.69) is 0 Å². The molecule has 24 heavy (non-hydrogen) atoms. The average Bonchev–Trinajstić information content (AvgIpc) is 2.55. The van der Waals surface area contributed by atoms with Crippen LogP contribution in [0.15, 0.2) is 42.5 Å². The lowest BCUT2D eigenvalue weighted by molar-refractivity contribution is -0.385. The first-order chi connectivity index (χ1) is 11.4. The van der Waals surface area contributed by atoms with E-state index in [-0.39, 0.29) is 23.8 Å². The third kappa shape index (κ3) is 4.32. The van der Waals surface area contributed by atoms with Crippen molar-refractivity contribution in [2.24, 2.45) is 0 Å². The summed E-state index contributed by atoms with van der Waals surface area (Å²) in [6.45, 7) is 3.92. The minimum Gasteiger partial charge on any atom is -0.497 e. The molecule has 2 aromatic rings. The van der Waals surface area contributed by atoms with Crippen molar-refractivity contribution >= 4 is 11.7 Å². The molecule has 126 valence electrons. The summed E-state index contributed by atoms with van der Waals surface area (Å²) in [5.41, 5.74) is 1.39. The molecule has 6 nitrogen and oxygen atoms in total. The van der Waals surface area contributed by atoms with E-state index in [1.807, 2.05) is 13.8 Å². The SMILES string of the molecule is COc1ccc(CC(=O)Oc2cc(C(C)C)ccc2[N+](=O)[O-])cc1. The second-order valence-electron chi connectivity index (χ2n) is 5.64. The summed E-state index contributed by atoms with van der Waals surface area (Å²) in [5, 5.41) is 11.1. The van der Waals surface area contributed by atoms with E-state index in [0.29, 0.717) is 5.75 Å². The van der Waals surface area contributed by atoms with Gasteiger partial charge in [-0.3, -0.25) is 14.9 Å². The first-order valence-electron chi connectivity index (χ1n) is 7.52. The van der Waals surface area contributed by atoms with Crippen LogP contribution >= 0.6 is 0 Å². The van der Waals surface area contributed by atoms with Gasteiger partial charge in [0.05, 0.1) is 18.5 Å². The molecule has 0 saturated carbocycles. The highest BCUT2D eigenvalue weighted by atomic mass is 16.6. The molecule has 0 aliphatic heterocycles. The molecule has 2 aromatic carbocycles. The predicted octanol–water partition coefficient (Wildman–Crippen LogP) is 3.87. The van der Waals surface area contributed by atoms with Crippen LogP contribution in [0.2, 0.25) is 0 Å². The number of methoxy groups -OCH3 is 1. The maximum absolute atomic E-state index is 12.1. The van der Waals surface area contributed by atoms with Crippen molar-refractivity contribution < 1.29 is 19.2 Å². The molecular weight excluding hydrogens is 310 g/mol. The van der Waals surface area contributed by atoms with Crippen molar-refractivity contribution in [3.8, 4) is 11.5 Å². The zero-order valence-electron chi connectivity index (χ0n) is 13.8. The van der Waals surface area contributed by atoms with Gasteiger partial charge in [0, 0.05) is 6.07 Å². The van der Waals surface area contributed by atoms with Crippen molar-refractivity contribution in [2.45, 2.75) is 26.2 Å². The summed E-state index contributed by atoms with van der Waals surface area (Å²) in [4.78, 5) is 22.7. The molecule has 6 heteroatoms. The van der Waals surface area contributed by atoms with Gasteiger partial charge in [-0.1, -0.05) is 32.0 Å². The Labute approximate surface area is 140 Å². The number of carbonyl (C=O) groups is 1. The van der Waals surface area contributed by atoms with Crippen molar-refractivity contribution in [3.05, 3.63) is 63.7 Å². The first-order valence-corrected chi connectivity index (χ1v) is 7.52. The molecular formula is C18H19NO5. The van der Waals surface area contributed by atoms with Crippen molar-refractivity contribution in [3.63, 3.8) is 0 Å². The van der Waals surface area contributed by atoms with Crippen LogP contribution in [0.5, 0.6) is 11.5 Å². The monoisotopic (exact) mass is 329 g/mol. The number of hydrogen-bond acceptors (Lipinski definition) is 5. The van der Waals surface area contributed by atoms with Gasteiger partial charge in [0.15, 0.2) is 0 Å². The summed E-state index contributed by atoms with van der Waals surface area (Å²) in [6, 6.07) is 11.6. The number of ether oxygens (including phenoxy) is 2. The lowest BCUT2D eigenvalue weighted by atomic mass is 10.0. The van der Waals surface area contributed by atoms with Gasteiger partial charge in [-0.2, -0.15) is 0 Å². The summed E-state index contributed by atoms with van der Waals surface area (Å²) < 4.78 is 10.3. The largest absolute Gasteiger partial charge is 0.497 e. The van der Waals surface area contributed by atoms with Gasteiger partial charge in [0.25, 0.3) is 0 Å². The standard InChI is InChI=1S/C18H19NO5/c1-12(2)14-6-9-16(19(21)22)17(11-14)24-18(20)10-13-4-7-15(23-3)8-5-13/h4-9,11-12H,10H2,1-3H3. The van der Waals surface area contributed by atoms with Crippen LogP contribution < -0.4 is 9.47 Å². The van der Waals surface area contributed by atoms with Gasteiger partial charge < -0.3 is 9.47 Å². The van der Waals surface area contributed by atoms with Crippen LogP contribution in [0.3, 0.4) is 0 Å². The Hall–Kier alpha value is -2.89. The van der Waals surface area contributed by atoms with E-state index >= 15 is 0 Å². The average molecular weight is 329 g/mol. The zero-order chi connectivity index (χ0) is 17.7. The summed E-state index contributed by atoms with van der Waals surface area (Å²) >= 11 is 0. The molecule has 0 aromatic heterocycles. The molecule has 0 aliphatic carbocycles. The van der Waals surface area contributed by atoms with Gasteiger partial charge in [-0.05, 0) is 35.2 Å². The van der Waals surface area contributed by atoms with Gasteiger partial charge in [0.2, 0.25) is 5.75 Å². The number of rotatable bonds is 6.